The maximum absolute atomic E-state index is 3.65. The Labute approximate surface area is 105 Å². The maximum atomic E-state index is 3.65. The molecule has 1 unspecified atom stereocenters. The maximum Gasteiger partial charge on any atom is 0.0323 e. The third-order valence-electron chi connectivity index (χ3n) is 4.37. The van der Waals surface area contributed by atoms with Crippen LogP contribution in [0.1, 0.15) is 60.9 Å². The van der Waals surface area contributed by atoms with Crippen LogP contribution in [-0.2, 0) is 19.3 Å². The molecule has 0 radical (unpaired) electrons. The molecule has 0 bridgehead atoms. The summed E-state index contributed by atoms with van der Waals surface area (Å²) < 4.78 is 0. The van der Waals surface area contributed by atoms with Crippen molar-refractivity contribution >= 4 is 0 Å². The third kappa shape index (κ3) is 2.13. The van der Waals surface area contributed by atoms with Crippen LogP contribution in [0, 0.1) is 0 Å². The number of rotatable bonds is 2. The van der Waals surface area contributed by atoms with Crippen molar-refractivity contribution in [3.8, 4) is 0 Å². The second-order valence-corrected chi connectivity index (χ2v) is 5.53. The molecule has 0 saturated carbocycles. The van der Waals surface area contributed by atoms with E-state index >= 15 is 0 Å². The Kier molecular flexibility index (Phi) is 3.19. The number of hydrogen-bond acceptors (Lipinski definition) is 1. The van der Waals surface area contributed by atoms with E-state index in [1.54, 1.807) is 22.3 Å². The van der Waals surface area contributed by atoms with E-state index in [-0.39, 0.29) is 0 Å². The molecule has 0 aliphatic heterocycles. The smallest absolute Gasteiger partial charge is 0.0323 e. The highest BCUT2D eigenvalue weighted by Crippen LogP contribution is 2.34. The molecule has 17 heavy (non-hydrogen) atoms. The van der Waals surface area contributed by atoms with Gasteiger partial charge in [0.05, 0.1) is 0 Å². The molecular formula is C16H23N. The molecule has 0 heterocycles. The summed E-state index contributed by atoms with van der Waals surface area (Å²) in [5.41, 5.74) is 6.52. The van der Waals surface area contributed by atoms with Crippen molar-refractivity contribution in [3.05, 3.63) is 34.4 Å². The van der Waals surface area contributed by atoms with E-state index in [2.05, 4.69) is 24.4 Å². The molecule has 1 heteroatoms. The summed E-state index contributed by atoms with van der Waals surface area (Å²) in [6, 6.07) is 5.67. The van der Waals surface area contributed by atoms with Crippen LogP contribution in [0.25, 0.3) is 0 Å². The van der Waals surface area contributed by atoms with Gasteiger partial charge in [0.2, 0.25) is 0 Å². The average Bonchev–Trinajstić information content (AvgIpc) is 2.37. The van der Waals surface area contributed by atoms with Gasteiger partial charge in [-0.2, -0.15) is 0 Å². The fraction of sp³-hybridized carbons (Fsp3) is 0.625. The fourth-order valence-electron chi connectivity index (χ4n) is 3.51. The monoisotopic (exact) mass is 229 g/mol. The Bertz CT molecular complexity index is 408. The molecule has 0 fully saturated rings. The van der Waals surface area contributed by atoms with Crippen LogP contribution >= 0.6 is 0 Å². The lowest BCUT2D eigenvalue weighted by atomic mass is 9.81. The summed E-state index contributed by atoms with van der Waals surface area (Å²) in [4.78, 5) is 0. The van der Waals surface area contributed by atoms with E-state index in [9.17, 15) is 0 Å². The number of aryl methyl sites for hydroxylation is 3. The molecule has 0 amide bonds. The zero-order valence-corrected chi connectivity index (χ0v) is 10.9. The molecular weight excluding hydrogens is 206 g/mol. The van der Waals surface area contributed by atoms with Crippen molar-refractivity contribution < 1.29 is 0 Å². The van der Waals surface area contributed by atoms with E-state index < -0.39 is 0 Å². The lowest BCUT2D eigenvalue weighted by molar-refractivity contribution is 0.470. The Balaban J connectivity index is 1.98. The first-order chi connectivity index (χ1) is 8.38. The summed E-state index contributed by atoms with van der Waals surface area (Å²) in [5, 5.41) is 3.65. The van der Waals surface area contributed by atoms with Gasteiger partial charge < -0.3 is 5.32 Å². The van der Waals surface area contributed by atoms with Crippen LogP contribution in [-0.4, -0.2) is 6.54 Å². The molecule has 1 N–H and O–H groups in total. The number of nitrogens with one attached hydrogen (secondary N) is 1. The molecule has 0 saturated heterocycles. The minimum atomic E-state index is 0.621. The highest BCUT2D eigenvalue weighted by Gasteiger charge is 2.22. The molecule has 2 aliphatic carbocycles. The quantitative estimate of drug-likeness (QED) is 0.817. The van der Waals surface area contributed by atoms with Gasteiger partial charge in [-0.05, 0) is 73.7 Å². The zero-order chi connectivity index (χ0) is 11.7. The van der Waals surface area contributed by atoms with Crippen molar-refractivity contribution in [2.24, 2.45) is 0 Å². The molecule has 0 aromatic heterocycles. The van der Waals surface area contributed by atoms with Gasteiger partial charge in [-0.1, -0.05) is 19.1 Å². The second-order valence-electron chi connectivity index (χ2n) is 5.53. The minimum Gasteiger partial charge on any atom is -0.310 e. The van der Waals surface area contributed by atoms with Crippen molar-refractivity contribution in [1.29, 1.82) is 0 Å². The van der Waals surface area contributed by atoms with E-state index in [0.29, 0.717) is 6.04 Å². The van der Waals surface area contributed by atoms with Crippen LogP contribution in [0.4, 0.5) is 0 Å². The van der Waals surface area contributed by atoms with Crippen LogP contribution in [0.2, 0.25) is 0 Å². The second kappa shape index (κ2) is 4.81. The topological polar surface area (TPSA) is 12.0 Å². The van der Waals surface area contributed by atoms with E-state index in [1.807, 2.05) is 0 Å². The SMILES string of the molecule is CCNC1CCCc2cc3c(cc21)CCCC3. The Hall–Kier alpha value is -0.820. The van der Waals surface area contributed by atoms with Crippen LogP contribution < -0.4 is 5.32 Å². The summed E-state index contributed by atoms with van der Waals surface area (Å²) in [7, 11) is 0. The largest absolute Gasteiger partial charge is 0.310 e. The van der Waals surface area contributed by atoms with Crippen LogP contribution in [0.3, 0.4) is 0 Å². The van der Waals surface area contributed by atoms with Crippen LogP contribution in [0.5, 0.6) is 0 Å². The highest BCUT2D eigenvalue weighted by atomic mass is 14.9. The Morgan fingerprint density at radius 2 is 1.71 bits per heavy atom. The Morgan fingerprint density at radius 3 is 2.47 bits per heavy atom. The van der Waals surface area contributed by atoms with Gasteiger partial charge in [0.25, 0.3) is 0 Å². The summed E-state index contributed by atoms with van der Waals surface area (Å²) >= 11 is 0. The number of hydrogen-bond donors (Lipinski definition) is 1. The first-order valence-corrected chi connectivity index (χ1v) is 7.26. The first kappa shape index (κ1) is 11.3. The summed E-state index contributed by atoms with van der Waals surface area (Å²) in [5.74, 6) is 0. The van der Waals surface area contributed by atoms with Gasteiger partial charge in [-0.3, -0.25) is 0 Å². The van der Waals surface area contributed by atoms with E-state index in [4.69, 9.17) is 0 Å². The lowest BCUT2D eigenvalue weighted by Gasteiger charge is -2.29. The van der Waals surface area contributed by atoms with Crippen molar-refractivity contribution in [3.63, 3.8) is 0 Å². The van der Waals surface area contributed by atoms with Gasteiger partial charge in [-0.25, -0.2) is 0 Å². The highest BCUT2D eigenvalue weighted by molar-refractivity contribution is 5.42. The molecule has 1 nitrogen and oxygen atoms in total. The van der Waals surface area contributed by atoms with Gasteiger partial charge in [0.15, 0.2) is 0 Å². The molecule has 3 rings (SSSR count). The predicted molar refractivity (Wildman–Crippen MR) is 72.4 cm³/mol. The molecule has 1 atom stereocenters. The van der Waals surface area contributed by atoms with Gasteiger partial charge in [0, 0.05) is 6.04 Å². The van der Waals surface area contributed by atoms with Gasteiger partial charge in [0.1, 0.15) is 0 Å². The lowest BCUT2D eigenvalue weighted by Crippen LogP contribution is -2.25. The van der Waals surface area contributed by atoms with Gasteiger partial charge >= 0.3 is 0 Å². The summed E-state index contributed by atoms with van der Waals surface area (Å²) in [6.45, 7) is 3.30. The van der Waals surface area contributed by atoms with E-state index in [0.717, 1.165) is 6.54 Å². The fourth-order valence-corrected chi connectivity index (χ4v) is 3.51. The van der Waals surface area contributed by atoms with Crippen LogP contribution in [0.15, 0.2) is 12.1 Å². The molecule has 2 aliphatic rings. The normalized spacial score (nSPS) is 23.0. The number of benzene rings is 1. The molecule has 1 aromatic rings. The summed E-state index contributed by atoms with van der Waals surface area (Å²) in [6.07, 6.45) is 9.36. The zero-order valence-electron chi connectivity index (χ0n) is 10.9. The average molecular weight is 229 g/mol. The minimum absolute atomic E-state index is 0.621. The van der Waals surface area contributed by atoms with Crippen molar-refractivity contribution in [1.82, 2.24) is 5.32 Å². The first-order valence-electron chi connectivity index (χ1n) is 7.26. The van der Waals surface area contributed by atoms with E-state index in [1.165, 1.54) is 44.9 Å². The van der Waals surface area contributed by atoms with Gasteiger partial charge in [-0.15, -0.1) is 0 Å². The number of fused-ring (bicyclic) bond motifs is 2. The Morgan fingerprint density at radius 1 is 1.00 bits per heavy atom. The molecule has 92 valence electrons. The molecule has 1 aromatic carbocycles. The van der Waals surface area contributed by atoms with Crippen molar-refractivity contribution in [2.45, 2.75) is 57.9 Å². The van der Waals surface area contributed by atoms with Crippen molar-refractivity contribution in [2.75, 3.05) is 6.54 Å². The third-order valence-corrected chi connectivity index (χ3v) is 4.37. The predicted octanol–water partition coefficient (Wildman–Crippen LogP) is 3.55. The standard InChI is InChI=1S/C16H23N/c1-2-17-16-9-5-8-14-10-12-6-3-4-7-13(12)11-15(14)16/h10-11,16-17H,2-9H2,1H3. The molecule has 0 spiro atoms.